The molecule has 4 saturated heterocycles. The van der Waals surface area contributed by atoms with Crippen molar-refractivity contribution in [3.8, 4) is 11.3 Å². The van der Waals surface area contributed by atoms with Crippen LogP contribution in [0.2, 0.25) is 0 Å². The van der Waals surface area contributed by atoms with E-state index in [2.05, 4.69) is 39.4 Å². The average molecular weight is 554 g/mol. The van der Waals surface area contributed by atoms with Crippen molar-refractivity contribution in [2.75, 3.05) is 39.5 Å². The largest absolute Gasteiger partial charge is 0.357 e. The van der Waals surface area contributed by atoms with E-state index in [0.717, 1.165) is 47.4 Å². The SMILES string of the molecule is Fc1cc(/C(=N\COCC23CCCN2CCC3)N2CC3CCC(C2)N3)cnc1-c1cccc2cccc(C3CC3)c12. The fraction of sp³-hybridized carbons (Fsp3) is 0.529. The maximum atomic E-state index is 16.1. The molecule has 2 unspecified atom stereocenters. The van der Waals surface area contributed by atoms with Crippen molar-refractivity contribution in [1.29, 1.82) is 0 Å². The fourth-order valence-corrected chi connectivity index (χ4v) is 8.21. The summed E-state index contributed by atoms with van der Waals surface area (Å²) in [6.07, 6.45) is 11.6. The molecular formula is C34H40FN5O. The van der Waals surface area contributed by atoms with Crippen LogP contribution < -0.4 is 5.32 Å². The third-order valence-electron chi connectivity index (χ3n) is 10.3. The molecule has 2 aromatic carbocycles. The number of hydrogen-bond donors (Lipinski definition) is 1. The van der Waals surface area contributed by atoms with E-state index >= 15 is 4.39 Å². The van der Waals surface area contributed by atoms with Gasteiger partial charge in [0.1, 0.15) is 24.1 Å². The van der Waals surface area contributed by atoms with Crippen LogP contribution in [0.15, 0.2) is 53.7 Å². The van der Waals surface area contributed by atoms with Gasteiger partial charge in [-0.2, -0.15) is 0 Å². The number of nitrogens with one attached hydrogen (secondary N) is 1. The molecule has 2 bridgehead atoms. The van der Waals surface area contributed by atoms with Crippen LogP contribution in [0, 0.1) is 5.82 Å². The first-order valence-corrected chi connectivity index (χ1v) is 15.7. The number of benzene rings is 2. The number of rotatable bonds is 7. The molecule has 1 N–H and O–H groups in total. The zero-order valence-electron chi connectivity index (χ0n) is 23.8. The molecule has 7 heteroatoms. The fourth-order valence-electron chi connectivity index (χ4n) is 8.21. The molecule has 0 radical (unpaired) electrons. The summed E-state index contributed by atoms with van der Waals surface area (Å²) in [4.78, 5) is 14.7. The Morgan fingerprint density at radius 2 is 1.78 bits per heavy atom. The second kappa shape index (κ2) is 10.4. The lowest BCUT2D eigenvalue weighted by atomic mass is 9.94. The Bertz CT molecular complexity index is 1460. The van der Waals surface area contributed by atoms with Crippen LogP contribution in [0.1, 0.15) is 68.4 Å². The average Bonchev–Trinajstić information content (AvgIpc) is 3.52. The molecule has 6 nitrogen and oxygen atoms in total. The van der Waals surface area contributed by atoms with E-state index in [0.29, 0.717) is 30.4 Å². The molecule has 4 aliphatic heterocycles. The number of amidine groups is 1. The highest BCUT2D eigenvalue weighted by Gasteiger charge is 2.44. The highest BCUT2D eigenvalue weighted by molar-refractivity contribution is 6.01. The first-order valence-electron chi connectivity index (χ1n) is 15.7. The van der Waals surface area contributed by atoms with Crippen molar-refractivity contribution in [3.05, 3.63) is 65.6 Å². The van der Waals surface area contributed by atoms with Crippen molar-refractivity contribution in [2.45, 2.75) is 74.9 Å². The van der Waals surface area contributed by atoms with Gasteiger partial charge in [-0.05, 0) is 92.8 Å². The van der Waals surface area contributed by atoms with Gasteiger partial charge >= 0.3 is 0 Å². The van der Waals surface area contributed by atoms with Gasteiger partial charge in [0.15, 0.2) is 0 Å². The quantitative estimate of drug-likeness (QED) is 0.231. The maximum Gasteiger partial charge on any atom is 0.150 e. The highest BCUT2D eigenvalue weighted by Crippen LogP contribution is 2.45. The lowest BCUT2D eigenvalue weighted by Crippen LogP contribution is -2.53. The molecule has 0 spiro atoms. The predicted octanol–water partition coefficient (Wildman–Crippen LogP) is 5.70. The van der Waals surface area contributed by atoms with E-state index in [1.807, 2.05) is 18.3 Å². The number of fused-ring (bicyclic) bond motifs is 4. The molecule has 5 fully saturated rings. The Morgan fingerprint density at radius 1 is 1.02 bits per heavy atom. The second-order valence-electron chi connectivity index (χ2n) is 13.0. The molecule has 214 valence electrons. The van der Waals surface area contributed by atoms with Gasteiger partial charge in [-0.25, -0.2) is 9.38 Å². The topological polar surface area (TPSA) is 53.0 Å². The number of halogens is 1. The van der Waals surface area contributed by atoms with Gasteiger partial charge < -0.3 is 15.0 Å². The van der Waals surface area contributed by atoms with E-state index in [4.69, 9.17) is 14.7 Å². The van der Waals surface area contributed by atoms with Gasteiger partial charge in [-0.3, -0.25) is 9.88 Å². The lowest BCUT2D eigenvalue weighted by molar-refractivity contribution is 0.0388. The first-order chi connectivity index (χ1) is 20.2. The van der Waals surface area contributed by atoms with Gasteiger partial charge in [0.25, 0.3) is 0 Å². The highest BCUT2D eigenvalue weighted by atomic mass is 19.1. The first kappa shape index (κ1) is 25.8. The minimum absolute atomic E-state index is 0.205. The lowest BCUT2D eigenvalue weighted by Gasteiger charge is -2.35. The van der Waals surface area contributed by atoms with Crippen LogP contribution in [0.3, 0.4) is 0 Å². The van der Waals surface area contributed by atoms with E-state index < -0.39 is 0 Å². The summed E-state index contributed by atoms with van der Waals surface area (Å²) in [7, 11) is 0. The number of ether oxygens (including phenoxy) is 1. The second-order valence-corrected chi connectivity index (χ2v) is 13.0. The van der Waals surface area contributed by atoms with Gasteiger partial charge in [0.05, 0.1) is 6.61 Å². The number of pyridine rings is 1. The van der Waals surface area contributed by atoms with Crippen molar-refractivity contribution >= 4 is 16.6 Å². The van der Waals surface area contributed by atoms with Gasteiger partial charge in [-0.15, -0.1) is 0 Å². The molecule has 2 atom stereocenters. The molecule has 8 rings (SSSR count). The van der Waals surface area contributed by atoms with Gasteiger partial charge in [-0.1, -0.05) is 36.4 Å². The Morgan fingerprint density at radius 3 is 2.51 bits per heavy atom. The Labute approximate surface area is 242 Å². The summed E-state index contributed by atoms with van der Waals surface area (Å²) in [6, 6.07) is 15.2. The van der Waals surface area contributed by atoms with Crippen LogP contribution in [0.4, 0.5) is 4.39 Å². The van der Waals surface area contributed by atoms with Crippen molar-refractivity contribution < 1.29 is 9.13 Å². The van der Waals surface area contributed by atoms with Crippen molar-refractivity contribution in [1.82, 2.24) is 20.1 Å². The van der Waals surface area contributed by atoms with Crippen LogP contribution in [-0.2, 0) is 4.74 Å². The van der Waals surface area contributed by atoms with E-state index in [1.54, 1.807) is 6.07 Å². The molecule has 5 aliphatic rings. The van der Waals surface area contributed by atoms with Crippen LogP contribution >= 0.6 is 0 Å². The number of piperazine rings is 1. The van der Waals surface area contributed by atoms with Crippen molar-refractivity contribution in [3.63, 3.8) is 0 Å². The predicted molar refractivity (Wildman–Crippen MR) is 161 cm³/mol. The van der Waals surface area contributed by atoms with Crippen LogP contribution in [0.5, 0.6) is 0 Å². The van der Waals surface area contributed by atoms with E-state index in [9.17, 15) is 0 Å². The number of aliphatic imine (C=N–C) groups is 1. The standard InChI is InChI=1S/C34H40FN5O/c35-30-17-25(18-36-32(30)29-8-2-6-24-5-1-7-28(31(24)29)23-9-10-23)33(39-19-26-11-12-27(20-39)38-26)37-22-41-21-34-13-3-15-40(34)16-4-14-34/h1-2,5-8,17-18,23,26-27,38H,3-4,9-16,19-22H2/b37-33+. The van der Waals surface area contributed by atoms with Gasteiger partial charge in [0.2, 0.25) is 0 Å². The van der Waals surface area contributed by atoms with E-state index in [1.165, 1.54) is 70.0 Å². The molecule has 1 aromatic heterocycles. The monoisotopic (exact) mass is 553 g/mol. The molecule has 3 aromatic rings. The van der Waals surface area contributed by atoms with Crippen molar-refractivity contribution in [2.24, 2.45) is 4.99 Å². The molecule has 1 aliphatic carbocycles. The molecular weight excluding hydrogens is 513 g/mol. The number of aromatic nitrogens is 1. The Balaban J connectivity index is 1.10. The maximum absolute atomic E-state index is 16.1. The summed E-state index contributed by atoms with van der Waals surface area (Å²) in [6.45, 7) is 5.16. The smallest absolute Gasteiger partial charge is 0.150 e. The number of nitrogens with zero attached hydrogens (tertiary/aromatic N) is 4. The van der Waals surface area contributed by atoms with Gasteiger partial charge in [0, 0.05) is 48.0 Å². The van der Waals surface area contributed by atoms with Crippen LogP contribution in [0.25, 0.3) is 22.0 Å². The number of likely N-dealkylation sites (tertiary alicyclic amines) is 1. The molecule has 5 heterocycles. The zero-order valence-corrected chi connectivity index (χ0v) is 23.8. The third kappa shape index (κ3) is 4.76. The summed E-state index contributed by atoms with van der Waals surface area (Å²) in [5.74, 6) is 1.09. The minimum atomic E-state index is -0.293. The summed E-state index contributed by atoms with van der Waals surface area (Å²) < 4.78 is 22.3. The molecule has 41 heavy (non-hydrogen) atoms. The minimum Gasteiger partial charge on any atom is -0.357 e. The Kier molecular flexibility index (Phi) is 6.57. The van der Waals surface area contributed by atoms with Crippen LogP contribution in [-0.4, -0.2) is 77.8 Å². The normalized spacial score (nSPS) is 25.8. The summed E-state index contributed by atoms with van der Waals surface area (Å²) >= 11 is 0. The number of hydrogen-bond acceptors (Lipinski definition) is 5. The molecule has 0 amide bonds. The summed E-state index contributed by atoms with van der Waals surface area (Å²) in [5.41, 5.74) is 3.57. The third-order valence-corrected chi connectivity index (χ3v) is 10.3. The molecule has 1 saturated carbocycles. The Hall–Kier alpha value is -2.87. The summed E-state index contributed by atoms with van der Waals surface area (Å²) in [5, 5.41) is 6.00. The zero-order chi connectivity index (χ0) is 27.4. The van der Waals surface area contributed by atoms with E-state index in [-0.39, 0.29) is 11.4 Å².